The molecule has 3 aromatic rings. The molecule has 3 aromatic carbocycles. The van der Waals surface area contributed by atoms with Gasteiger partial charge in [-0.2, -0.15) is 0 Å². The van der Waals surface area contributed by atoms with Crippen molar-refractivity contribution in [3.63, 3.8) is 0 Å². The Kier molecular flexibility index (Phi) is 7.73. The van der Waals surface area contributed by atoms with E-state index in [-0.39, 0.29) is 47.4 Å². The lowest BCUT2D eigenvalue weighted by atomic mass is 10.1. The summed E-state index contributed by atoms with van der Waals surface area (Å²) in [5.41, 5.74) is 0.704. The van der Waals surface area contributed by atoms with Crippen molar-refractivity contribution >= 4 is 27.5 Å². The molecule has 3 N–H and O–H groups in total. The van der Waals surface area contributed by atoms with Crippen LogP contribution in [0.3, 0.4) is 0 Å². The van der Waals surface area contributed by atoms with Crippen LogP contribution in [0.2, 0.25) is 0 Å². The van der Waals surface area contributed by atoms with E-state index in [1.807, 2.05) is 0 Å². The highest BCUT2D eigenvalue weighted by atomic mass is 32.2. The number of rotatable bonds is 9. The van der Waals surface area contributed by atoms with E-state index >= 15 is 0 Å². The number of hydrogen-bond acceptors (Lipinski definition) is 4. The first-order valence-electron chi connectivity index (χ1n) is 9.91. The summed E-state index contributed by atoms with van der Waals surface area (Å²) in [6, 6.07) is 16.1. The maximum atomic E-state index is 13.7. The maximum Gasteiger partial charge on any atom is 0.261 e. The SMILES string of the molecule is O=C(Cc1ccc(F)cc1)NCCNC(=O)c1ccc(S(=O)(=O)Nc2ccccc2F)cc1. The fourth-order valence-electron chi connectivity index (χ4n) is 2.86. The van der Waals surface area contributed by atoms with Gasteiger partial charge in [0.25, 0.3) is 15.9 Å². The first kappa shape index (κ1) is 23.9. The number of amides is 2. The number of anilines is 1. The van der Waals surface area contributed by atoms with Crippen LogP contribution in [-0.2, 0) is 21.2 Å². The van der Waals surface area contributed by atoms with E-state index in [4.69, 9.17) is 0 Å². The van der Waals surface area contributed by atoms with Gasteiger partial charge in [0.2, 0.25) is 5.91 Å². The Morgan fingerprint density at radius 2 is 1.42 bits per heavy atom. The van der Waals surface area contributed by atoms with Crippen LogP contribution >= 0.6 is 0 Å². The van der Waals surface area contributed by atoms with E-state index in [0.29, 0.717) is 5.56 Å². The molecule has 0 unspecified atom stereocenters. The summed E-state index contributed by atoms with van der Waals surface area (Å²) in [6.45, 7) is 0.341. The van der Waals surface area contributed by atoms with E-state index in [0.717, 1.165) is 6.07 Å². The van der Waals surface area contributed by atoms with Crippen molar-refractivity contribution in [1.82, 2.24) is 10.6 Å². The van der Waals surface area contributed by atoms with Gasteiger partial charge in [-0.3, -0.25) is 14.3 Å². The Bertz CT molecular complexity index is 1230. The van der Waals surface area contributed by atoms with Crippen molar-refractivity contribution in [2.24, 2.45) is 0 Å². The highest BCUT2D eigenvalue weighted by molar-refractivity contribution is 7.92. The van der Waals surface area contributed by atoms with Crippen molar-refractivity contribution in [1.29, 1.82) is 0 Å². The second-order valence-electron chi connectivity index (χ2n) is 7.02. The van der Waals surface area contributed by atoms with Crippen LogP contribution in [0, 0.1) is 11.6 Å². The molecule has 0 atom stereocenters. The Balaban J connectivity index is 1.47. The molecule has 0 aliphatic carbocycles. The van der Waals surface area contributed by atoms with Gasteiger partial charge in [-0.1, -0.05) is 24.3 Å². The molecular formula is C23H21F2N3O4S. The molecule has 33 heavy (non-hydrogen) atoms. The van der Waals surface area contributed by atoms with Crippen LogP contribution < -0.4 is 15.4 Å². The molecule has 172 valence electrons. The number of halogens is 2. The molecule has 2 amide bonds. The molecule has 0 heterocycles. The number of carbonyl (C=O) groups is 2. The monoisotopic (exact) mass is 473 g/mol. The molecular weight excluding hydrogens is 452 g/mol. The minimum atomic E-state index is -4.03. The van der Waals surface area contributed by atoms with Gasteiger partial charge in [-0.25, -0.2) is 17.2 Å². The lowest BCUT2D eigenvalue weighted by Gasteiger charge is -2.10. The van der Waals surface area contributed by atoms with Crippen molar-refractivity contribution in [2.75, 3.05) is 17.8 Å². The number of nitrogens with one attached hydrogen (secondary N) is 3. The van der Waals surface area contributed by atoms with Crippen LogP contribution in [0.4, 0.5) is 14.5 Å². The zero-order chi connectivity index (χ0) is 23.8. The molecule has 10 heteroatoms. The van der Waals surface area contributed by atoms with Crippen LogP contribution in [0.5, 0.6) is 0 Å². The van der Waals surface area contributed by atoms with Crippen molar-refractivity contribution in [3.8, 4) is 0 Å². The lowest BCUT2D eigenvalue weighted by molar-refractivity contribution is -0.120. The number of carbonyl (C=O) groups excluding carboxylic acids is 2. The second-order valence-corrected chi connectivity index (χ2v) is 8.70. The number of sulfonamides is 1. The zero-order valence-electron chi connectivity index (χ0n) is 17.3. The standard InChI is InChI=1S/C23H21F2N3O4S/c24-18-9-5-16(6-10-18)15-22(29)26-13-14-27-23(30)17-7-11-19(12-8-17)33(31,32)28-21-4-2-1-3-20(21)25/h1-12,28H,13-15H2,(H,26,29)(H,27,30). The smallest absolute Gasteiger partial charge is 0.261 e. The molecule has 0 aromatic heterocycles. The van der Waals surface area contributed by atoms with E-state index in [1.165, 1.54) is 66.7 Å². The summed E-state index contributed by atoms with van der Waals surface area (Å²) >= 11 is 0. The first-order valence-corrected chi connectivity index (χ1v) is 11.4. The van der Waals surface area contributed by atoms with E-state index in [1.54, 1.807) is 0 Å². The largest absolute Gasteiger partial charge is 0.354 e. The van der Waals surface area contributed by atoms with Gasteiger partial charge in [0.15, 0.2) is 0 Å². The molecule has 0 aliphatic rings. The number of para-hydroxylation sites is 1. The molecule has 0 bridgehead atoms. The average Bonchev–Trinajstić information content (AvgIpc) is 2.79. The quantitative estimate of drug-likeness (QED) is 0.416. The Hall–Kier alpha value is -3.79. The molecule has 7 nitrogen and oxygen atoms in total. The van der Waals surface area contributed by atoms with Crippen molar-refractivity contribution < 1.29 is 26.8 Å². The Labute approximate surface area is 189 Å². The fourth-order valence-corrected chi connectivity index (χ4v) is 3.93. The van der Waals surface area contributed by atoms with Gasteiger partial charge in [0.1, 0.15) is 11.6 Å². The van der Waals surface area contributed by atoms with Crippen LogP contribution in [0.25, 0.3) is 0 Å². The molecule has 0 saturated heterocycles. The number of hydrogen-bond donors (Lipinski definition) is 3. The summed E-state index contributed by atoms with van der Waals surface area (Å²) in [4.78, 5) is 24.0. The summed E-state index contributed by atoms with van der Waals surface area (Å²) in [5.74, 6) is -1.81. The third-order valence-electron chi connectivity index (χ3n) is 4.56. The predicted octanol–water partition coefficient (Wildman–Crippen LogP) is 2.85. The van der Waals surface area contributed by atoms with E-state index < -0.39 is 21.7 Å². The van der Waals surface area contributed by atoms with Crippen LogP contribution in [-0.4, -0.2) is 33.3 Å². The van der Waals surface area contributed by atoms with Gasteiger partial charge >= 0.3 is 0 Å². The molecule has 0 aliphatic heterocycles. The third kappa shape index (κ3) is 6.84. The predicted molar refractivity (Wildman–Crippen MR) is 119 cm³/mol. The number of benzene rings is 3. The fraction of sp³-hybridized carbons (Fsp3) is 0.130. The molecule has 0 spiro atoms. The Morgan fingerprint density at radius 1 is 0.788 bits per heavy atom. The third-order valence-corrected chi connectivity index (χ3v) is 5.94. The van der Waals surface area contributed by atoms with Crippen LogP contribution in [0.15, 0.2) is 77.7 Å². The minimum Gasteiger partial charge on any atom is -0.354 e. The molecule has 0 fully saturated rings. The summed E-state index contributed by atoms with van der Waals surface area (Å²) < 4.78 is 53.6. The molecule has 0 radical (unpaired) electrons. The normalized spacial score (nSPS) is 11.0. The maximum absolute atomic E-state index is 13.7. The van der Waals surface area contributed by atoms with Gasteiger partial charge in [-0.05, 0) is 54.1 Å². The van der Waals surface area contributed by atoms with Crippen molar-refractivity contribution in [2.45, 2.75) is 11.3 Å². The summed E-state index contributed by atoms with van der Waals surface area (Å²) in [7, 11) is -4.03. The average molecular weight is 474 g/mol. The van der Waals surface area contributed by atoms with E-state index in [2.05, 4.69) is 15.4 Å². The van der Waals surface area contributed by atoms with Gasteiger partial charge in [0.05, 0.1) is 17.0 Å². The van der Waals surface area contributed by atoms with Gasteiger partial charge < -0.3 is 10.6 Å². The van der Waals surface area contributed by atoms with E-state index in [9.17, 15) is 26.8 Å². The molecule has 3 rings (SSSR count). The minimum absolute atomic E-state index is 0.0884. The zero-order valence-corrected chi connectivity index (χ0v) is 18.2. The van der Waals surface area contributed by atoms with Gasteiger partial charge in [0, 0.05) is 18.7 Å². The highest BCUT2D eigenvalue weighted by Crippen LogP contribution is 2.19. The molecule has 0 saturated carbocycles. The Morgan fingerprint density at radius 3 is 2.09 bits per heavy atom. The lowest BCUT2D eigenvalue weighted by Crippen LogP contribution is -2.35. The first-order chi connectivity index (χ1) is 15.7. The highest BCUT2D eigenvalue weighted by Gasteiger charge is 2.17. The van der Waals surface area contributed by atoms with Crippen LogP contribution in [0.1, 0.15) is 15.9 Å². The topological polar surface area (TPSA) is 104 Å². The van der Waals surface area contributed by atoms with Crippen molar-refractivity contribution in [3.05, 3.63) is 95.6 Å². The van der Waals surface area contributed by atoms with Gasteiger partial charge in [-0.15, -0.1) is 0 Å². The summed E-state index contributed by atoms with van der Waals surface area (Å²) in [6.07, 6.45) is 0.0884. The summed E-state index contributed by atoms with van der Waals surface area (Å²) in [5, 5.41) is 5.26. The second kappa shape index (κ2) is 10.7.